The number of rotatable bonds is 14. The Labute approximate surface area is 306 Å². The standard InChI is InChI=1S/C40H44O13/c1-48-32-15-22(5-7-30(32)43)36(45)28(17-41)26-11-21(13-34(50-3)37(26)46)10-25-24(19-52-40(25)47)9-20-12-27-29(18-42)38(53-39(27)35(14-20)51-4)23-6-8-31(44)33(16-23)49-2/h5-8,11-16,24-25,28-29,36,38,41-46H,9-10,17-19H2,1-4H3/t24-,25+,28-,29-,36-,38+/m1/s1. The van der Waals surface area contributed by atoms with Crippen LogP contribution in [0.3, 0.4) is 0 Å². The summed E-state index contributed by atoms with van der Waals surface area (Å²) in [5.74, 6) is -1.59. The fraction of sp³-hybridized carbons (Fsp3) is 0.375. The molecule has 0 saturated carbocycles. The monoisotopic (exact) mass is 732 g/mol. The Morgan fingerprint density at radius 1 is 0.755 bits per heavy atom. The molecule has 4 aromatic rings. The number of hydrogen-bond acceptors (Lipinski definition) is 13. The molecule has 1 fully saturated rings. The molecular weight excluding hydrogens is 688 g/mol. The first-order valence-corrected chi connectivity index (χ1v) is 17.1. The molecule has 13 nitrogen and oxygen atoms in total. The Hall–Kier alpha value is -5.37. The van der Waals surface area contributed by atoms with E-state index in [1.54, 1.807) is 24.3 Å². The highest BCUT2D eigenvalue weighted by molar-refractivity contribution is 5.75. The van der Waals surface area contributed by atoms with Gasteiger partial charge < -0.3 is 59.1 Å². The third-order valence-electron chi connectivity index (χ3n) is 10.3. The van der Waals surface area contributed by atoms with E-state index in [1.807, 2.05) is 12.1 Å². The van der Waals surface area contributed by atoms with Crippen molar-refractivity contribution in [1.29, 1.82) is 0 Å². The number of cyclic esters (lactones) is 1. The molecular formula is C40H44O13. The van der Waals surface area contributed by atoms with Crippen molar-refractivity contribution in [2.45, 2.75) is 36.9 Å². The van der Waals surface area contributed by atoms with Crippen LogP contribution in [-0.4, -0.2) is 84.9 Å². The van der Waals surface area contributed by atoms with E-state index in [9.17, 15) is 35.4 Å². The summed E-state index contributed by atoms with van der Waals surface area (Å²) in [5, 5.41) is 63.6. The maximum atomic E-state index is 13.2. The van der Waals surface area contributed by atoms with Gasteiger partial charge in [0.1, 0.15) is 6.10 Å². The lowest BCUT2D eigenvalue weighted by molar-refractivity contribution is -0.141. The van der Waals surface area contributed by atoms with Crippen molar-refractivity contribution < 1.29 is 63.9 Å². The van der Waals surface area contributed by atoms with Crippen LogP contribution in [0, 0.1) is 11.8 Å². The van der Waals surface area contributed by atoms with Crippen LogP contribution in [0.25, 0.3) is 0 Å². The van der Waals surface area contributed by atoms with E-state index in [-0.39, 0.29) is 71.6 Å². The molecule has 0 bridgehead atoms. The Kier molecular flexibility index (Phi) is 11.1. The molecule has 1 saturated heterocycles. The fourth-order valence-electron chi connectivity index (χ4n) is 7.43. The first kappa shape index (κ1) is 37.4. The molecule has 6 rings (SSSR count). The molecule has 2 aliphatic heterocycles. The minimum Gasteiger partial charge on any atom is -0.504 e. The number of carbonyl (C=O) groups excluding carboxylic acids is 1. The van der Waals surface area contributed by atoms with Crippen LogP contribution in [-0.2, 0) is 22.4 Å². The lowest BCUT2D eigenvalue weighted by Gasteiger charge is -2.25. The number of esters is 1. The molecule has 0 radical (unpaired) electrons. The van der Waals surface area contributed by atoms with E-state index in [4.69, 9.17) is 28.4 Å². The van der Waals surface area contributed by atoms with E-state index < -0.39 is 36.6 Å². The second kappa shape index (κ2) is 15.7. The summed E-state index contributed by atoms with van der Waals surface area (Å²) >= 11 is 0. The number of phenols is 3. The van der Waals surface area contributed by atoms with Crippen LogP contribution in [0.15, 0.2) is 60.7 Å². The Morgan fingerprint density at radius 3 is 2.06 bits per heavy atom. The highest BCUT2D eigenvalue weighted by Crippen LogP contribution is 2.52. The molecule has 0 unspecified atom stereocenters. The van der Waals surface area contributed by atoms with Crippen molar-refractivity contribution in [2.24, 2.45) is 11.8 Å². The predicted octanol–water partition coefficient (Wildman–Crippen LogP) is 4.43. The van der Waals surface area contributed by atoms with E-state index >= 15 is 0 Å². The highest BCUT2D eigenvalue weighted by atomic mass is 16.5. The molecule has 2 heterocycles. The quantitative estimate of drug-likeness (QED) is 0.0999. The van der Waals surface area contributed by atoms with Crippen LogP contribution in [0.1, 0.15) is 57.4 Å². The first-order valence-electron chi connectivity index (χ1n) is 17.1. The van der Waals surface area contributed by atoms with Crippen molar-refractivity contribution in [3.63, 3.8) is 0 Å². The second-order valence-corrected chi connectivity index (χ2v) is 13.3. The topological polar surface area (TPSA) is 194 Å². The highest BCUT2D eigenvalue weighted by Gasteiger charge is 2.41. The molecule has 282 valence electrons. The normalized spacial score (nSPS) is 20.2. The van der Waals surface area contributed by atoms with Gasteiger partial charge in [0.05, 0.1) is 66.2 Å². The predicted molar refractivity (Wildman–Crippen MR) is 190 cm³/mol. The van der Waals surface area contributed by atoms with Gasteiger partial charge in [-0.25, -0.2) is 0 Å². The SMILES string of the molecule is COc1cc([C@@H](O)[C@H](CO)c2cc(C[C@@H]3C(=O)OC[C@H]3Cc3cc(OC)c4c(c3)[C@@H](CO)[C@H](c3ccc(O)c(OC)c3)O4)cc(OC)c2O)ccc1O. The molecule has 0 aromatic heterocycles. The number of carbonyl (C=O) groups is 1. The number of fused-ring (bicyclic) bond motifs is 1. The zero-order valence-electron chi connectivity index (χ0n) is 29.8. The summed E-state index contributed by atoms with van der Waals surface area (Å²) in [6, 6.07) is 16.3. The number of methoxy groups -OCH3 is 4. The van der Waals surface area contributed by atoms with Gasteiger partial charge in [0, 0.05) is 23.0 Å². The number of ether oxygens (including phenoxy) is 6. The van der Waals surface area contributed by atoms with Gasteiger partial charge in [0.15, 0.2) is 46.0 Å². The van der Waals surface area contributed by atoms with Crippen molar-refractivity contribution in [2.75, 3.05) is 48.3 Å². The fourth-order valence-corrected chi connectivity index (χ4v) is 7.43. The number of benzene rings is 4. The Morgan fingerprint density at radius 2 is 1.40 bits per heavy atom. The molecule has 4 aromatic carbocycles. The molecule has 2 aliphatic rings. The van der Waals surface area contributed by atoms with Gasteiger partial charge in [-0.05, 0) is 71.5 Å². The smallest absolute Gasteiger partial charge is 0.309 e. The zero-order chi connectivity index (χ0) is 38.0. The second-order valence-electron chi connectivity index (χ2n) is 13.3. The van der Waals surface area contributed by atoms with Gasteiger partial charge in [-0.1, -0.05) is 24.3 Å². The third-order valence-corrected chi connectivity index (χ3v) is 10.3. The van der Waals surface area contributed by atoms with Crippen LogP contribution in [0.2, 0.25) is 0 Å². The van der Waals surface area contributed by atoms with Crippen LogP contribution in [0.5, 0.6) is 46.0 Å². The van der Waals surface area contributed by atoms with Crippen LogP contribution < -0.4 is 23.7 Å². The summed E-state index contributed by atoms with van der Waals surface area (Å²) in [6.45, 7) is -0.601. The van der Waals surface area contributed by atoms with Gasteiger partial charge in [0.2, 0.25) is 0 Å². The summed E-state index contributed by atoms with van der Waals surface area (Å²) in [4.78, 5) is 13.2. The summed E-state index contributed by atoms with van der Waals surface area (Å²) in [5.41, 5.74) is 3.46. The molecule has 0 spiro atoms. The molecule has 6 N–H and O–H groups in total. The Bertz CT molecular complexity index is 1960. The summed E-state index contributed by atoms with van der Waals surface area (Å²) < 4.78 is 33.6. The zero-order valence-corrected chi connectivity index (χ0v) is 29.8. The number of aliphatic hydroxyl groups excluding tert-OH is 3. The molecule has 13 heteroatoms. The maximum absolute atomic E-state index is 13.2. The lowest BCUT2D eigenvalue weighted by Crippen LogP contribution is -2.21. The summed E-state index contributed by atoms with van der Waals surface area (Å²) in [6.07, 6.45) is -1.24. The van der Waals surface area contributed by atoms with E-state index in [0.717, 1.165) is 11.1 Å². The molecule has 0 amide bonds. The Balaban J connectivity index is 1.27. The van der Waals surface area contributed by atoms with E-state index in [1.165, 1.54) is 52.7 Å². The number of hydrogen-bond donors (Lipinski definition) is 6. The third kappa shape index (κ3) is 7.19. The minimum atomic E-state index is -1.30. The maximum Gasteiger partial charge on any atom is 0.309 e. The van der Waals surface area contributed by atoms with Crippen LogP contribution in [0.4, 0.5) is 0 Å². The number of aliphatic hydroxyl groups is 3. The van der Waals surface area contributed by atoms with Crippen LogP contribution >= 0.6 is 0 Å². The van der Waals surface area contributed by atoms with Crippen molar-refractivity contribution in [1.82, 2.24) is 0 Å². The number of aromatic hydroxyl groups is 3. The van der Waals surface area contributed by atoms with Gasteiger partial charge in [-0.3, -0.25) is 4.79 Å². The number of phenolic OH excluding ortho intramolecular Hbond substituents is 3. The molecule has 0 aliphatic carbocycles. The molecule has 6 atom stereocenters. The van der Waals surface area contributed by atoms with Crippen molar-refractivity contribution in [3.05, 3.63) is 94.0 Å². The average Bonchev–Trinajstić information content (AvgIpc) is 3.71. The van der Waals surface area contributed by atoms with E-state index in [0.29, 0.717) is 34.6 Å². The summed E-state index contributed by atoms with van der Waals surface area (Å²) in [7, 11) is 5.75. The van der Waals surface area contributed by atoms with Crippen molar-refractivity contribution in [3.8, 4) is 46.0 Å². The van der Waals surface area contributed by atoms with Gasteiger partial charge in [-0.15, -0.1) is 0 Å². The minimum absolute atomic E-state index is 0.0158. The first-order chi connectivity index (χ1) is 25.5. The van der Waals surface area contributed by atoms with Crippen molar-refractivity contribution >= 4 is 5.97 Å². The molecule has 53 heavy (non-hydrogen) atoms. The lowest BCUT2D eigenvalue weighted by atomic mass is 9.82. The van der Waals surface area contributed by atoms with E-state index in [2.05, 4.69) is 0 Å². The average molecular weight is 733 g/mol. The van der Waals surface area contributed by atoms with Gasteiger partial charge in [0.25, 0.3) is 0 Å². The van der Waals surface area contributed by atoms with Gasteiger partial charge in [-0.2, -0.15) is 0 Å². The van der Waals surface area contributed by atoms with Gasteiger partial charge >= 0.3 is 5.97 Å². The largest absolute Gasteiger partial charge is 0.504 e.